The van der Waals surface area contributed by atoms with Crippen molar-refractivity contribution < 1.29 is 28.9 Å². The fourth-order valence-corrected chi connectivity index (χ4v) is 2.50. The third kappa shape index (κ3) is 3.33. The minimum atomic E-state index is -1.09. The van der Waals surface area contributed by atoms with E-state index in [1.54, 1.807) is 32.9 Å². The zero-order valence-corrected chi connectivity index (χ0v) is 13.9. The molecule has 2 rings (SSSR count). The molecule has 1 N–H and O–H groups in total. The largest absolute Gasteiger partial charge is 0.493 e. The average molecular weight is 323 g/mol. The highest BCUT2D eigenvalue weighted by Gasteiger charge is 2.41. The van der Waals surface area contributed by atoms with Gasteiger partial charge in [0.1, 0.15) is 11.6 Å². The molecule has 1 heterocycles. The third-order valence-corrected chi connectivity index (χ3v) is 3.44. The first-order valence-electron chi connectivity index (χ1n) is 7.18. The molecule has 0 bridgehead atoms. The summed E-state index contributed by atoms with van der Waals surface area (Å²) in [7, 11) is 2.98. The van der Waals surface area contributed by atoms with Gasteiger partial charge in [0.05, 0.1) is 19.9 Å². The summed E-state index contributed by atoms with van der Waals surface area (Å²) in [5, 5.41) is 9.44. The smallest absolute Gasteiger partial charge is 0.415 e. The van der Waals surface area contributed by atoms with Crippen molar-refractivity contribution in [2.24, 2.45) is 0 Å². The maximum absolute atomic E-state index is 12.5. The van der Waals surface area contributed by atoms with Gasteiger partial charge in [0.15, 0.2) is 11.5 Å². The van der Waals surface area contributed by atoms with Crippen LogP contribution in [0.4, 0.5) is 10.5 Å². The lowest BCUT2D eigenvalue weighted by Crippen LogP contribution is -2.45. The summed E-state index contributed by atoms with van der Waals surface area (Å²) in [6.07, 6.45) is -0.513. The van der Waals surface area contributed by atoms with Gasteiger partial charge in [-0.15, -0.1) is 0 Å². The highest BCUT2D eigenvalue weighted by atomic mass is 16.6. The topological polar surface area (TPSA) is 85.3 Å². The van der Waals surface area contributed by atoms with Gasteiger partial charge in [-0.2, -0.15) is 0 Å². The second kappa shape index (κ2) is 5.98. The molecule has 23 heavy (non-hydrogen) atoms. The van der Waals surface area contributed by atoms with E-state index in [0.717, 1.165) is 4.90 Å². The molecule has 1 aliphatic heterocycles. The molecule has 126 valence electrons. The van der Waals surface area contributed by atoms with Crippen LogP contribution in [0, 0.1) is 0 Å². The van der Waals surface area contributed by atoms with Crippen molar-refractivity contribution in [1.82, 2.24) is 0 Å². The van der Waals surface area contributed by atoms with Gasteiger partial charge in [-0.05, 0) is 32.4 Å². The number of fused-ring (bicyclic) bond motifs is 1. The van der Waals surface area contributed by atoms with Gasteiger partial charge >= 0.3 is 12.1 Å². The van der Waals surface area contributed by atoms with Crippen molar-refractivity contribution in [3.05, 3.63) is 17.7 Å². The Morgan fingerprint density at radius 2 is 1.74 bits per heavy atom. The quantitative estimate of drug-likeness (QED) is 0.919. The molecule has 1 unspecified atom stereocenters. The van der Waals surface area contributed by atoms with Gasteiger partial charge in [0, 0.05) is 12.5 Å². The van der Waals surface area contributed by atoms with Crippen LogP contribution in [-0.4, -0.2) is 43.0 Å². The number of carbonyl (C=O) groups is 2. The zero-order valence-electron chi connectivity index (χ0n) is 13.9. The van der Waals surface area contributed by atoms with E-state index in [9.17, 15) is 14.7 Å². The third-order valence-electron chi connectivity index (χ3n) is 3.44. The summed E-state index contributed by atoms with van der Waals surface area (Å²) in [6, 6.07) is 2.27. The number of amides is 1. The van der Waals surface area contributed by atoms with E-state index in [1.807, 2.05) is 0 Å². The molecule has 0 saturated carbocycles. The van der Waals surface area contributed by atoms with Gasteiger partial charge in [-0.1, -0.05) is 0 Å². The molecule has 0 aliphatic carbocycles. The van der Waals surface area contributed by atoms with E-state index in [1.165, 1.54) is 14.2 Å². The Hall–Kier alpha value is -2.44. The summed E-state index contributed by atoms with van der Waals surface area (Å²) in [4.78, 5) is 25.2. The Morgan fingerprint density at radius 1 is 1.17 bits per heavy atom. The number of carbonyl (C=O) groups excluding carboxylic acids is 1. The number of ether oxygens (including phenoxy) is 3. The first-order chi connectivity index (χ1) is 10.7. The van der Waals surface area contributed by atoms with Crippen LogP contribution in [0.2, 0.25) is 0 Å². The fraction of sp³-hybridized carbons (Fsp3) is 0.500. The van der Waals surface area contributed by atoms with Crippen molar-refractivity contribution in [2.45, 2.75) is 38.8 Å². The Bertz CT molecular complexity index is 634. The molecule has 0 radical (unpaired) electrons. The lowest BCUT2D eigenvalue weighted by molar-refractivity contribution is -0.138. The molecule has 0 saturated heterocycles. The Morgan fingerprint density at radius 3 is 2.22 bits per heavy atom. The highest BCUT2D eigenvalue weighted by molar-refractivity contribution is 5.99. The van der Waals surface area contributed by atoms with Gasteiger partial charge in [0.2, 0.25) is 0 Å². The van der Waals surface area contributed by atoms with E-state index in [0.29, 0.717) is 22.7 Å². The van der Waals surface area contributed by atoms with E-state index in [2.05, 4.69) is 0 Å². The number of aliphatic carboxylic acids is 1. The van der Waals surface area contributed by atoms with Gasteiger partial charge in [-0.3, -0.25) is 4.90 Å². The van der Waals surface area contributed by atoms with Crippen LogP contribution >= 0.6 is 0 Å². The van der Waals surface area contributed by atoms with E-state index in [4.69, 9.17) is 14.2 Å². The maximum Gasteiger partial charge on any atom is 0.415 e. The lowest BCUT2D eigenvalue weighted by atomic mass is 10.1. The Labute approximate surface area is 134 Å². The Kier molecular flexibility index (Phi) is 4.40. The van der Waals surface area contributed by atoms with Crippen LogP contribution in [0.1, 0.15) is 26.3 Å². The van der Waals surface area contributed by atoms with Gasteiger partial charge < -0.3 is 19.3 Å². The molecule has 0 fully saturated rings. The number of hydrogen-bond donors (Lipinski definition) is 1. The second-order valence-corrected chi connectivity index (χ2v) is 6.24. The Balaban J connectivity index is 2.48. The van der Waals surface area contributed by atoms with E-state index in [-0.39, 0.29) is 6.42 Å². The van der Waals surface area contributed by atoms with Crippen molar-refractivity contribution in [3.63, 3.8) is 0 Å². The van der Waals surface area contributed by atoms with Crippen LogP contribution in [0.15, 0.2) is 12.1 Å². The van der Waals surface area contributed by atoms with Gasteiger partial charge in [-0.25, -0.2) is 9.59 Å². The average Bonchev–Trinajstić information content (AvgIpc) is 2.82. The van der Waals surface area contributed by atoms with Crippen molar-refractivity contribution in [1.29, 1.82) is 0 Å². The number of methoxy groups -OCH3 is 2. The summed E-state index contributed by atoms with van der Waals surface area (Å²) in [5.74, 6) is -0.183. The lowest BCUT2D eigenvalue weighted by Gasteiger charge is -2.27. The second-order valence-electron chi connectivity index (χ2n) is 6.24. The molecule has 0 aromatic heterocycles. The molecule has 1 aliphatic rings. The summed E-state index contributed by atoms with van der Waals surface area (Å²) >= 11 is 0. The SMILES string of the molecule is COc1cc2c(cc1OC)N(C(=O)OC(C)(C)C)C(C(=O)O)C2. The predicted octanol–water partition coefficient (Wildman–Crippen LogP) is 2.45. The molecule has 1 amide bonds. The summed E-state index contributed by atoms with van der Waals surface area (Å²) in [5.41, 5.74) is 0.435. The van der Waals surface area contributed by atoms with Crippen LogP contribution in [-0.2, 0) is 16.0 Å². The van der Waals surface area contributed by atoms with Crippen LogP contribution in [0.5, 0.6) is 11.5 Å². The zero-order chi connectivity index (χ0) is 17.4. The van der Waals surface area contributed by atoms with Crippen molar-refractivity contribution >= 4 is 17.7 Å². The molecule has 0 spiro atoms. The van der Waals surface area contributed by atoms with Gasteiger partial charge in [0.25, 0.3) is 0 Å². The minimum Gasteiger partial charge on any atom is -0.493 e. The first-order valence-corrected chi connectivity index (χ1v) is 7.18. The van der Waals surface area contributed by atoms with Crippen LogP contribution < -0.4 is 14.4 Å². The normalized spacial score (nSPS) is 16.7. The van der Waals surface area contributed by atoms with Crippen molar-refractivity contribution in [3.8, 4) is 11.5 Å². The fourth-order valence-electron chi connectivity index (χ4n) is 2.50. The summed E-state index contributed by atoms with van der Waals surface area (Å²) in [6.45, 7) is 5.19. The highest BCUT2D eigenvalue weighted by Crippen LogP contribution is 2.41. The number of carboxylic acids is 1. The minimum absolute atomic E-state index is 0.185. The van der Waals surface area contributed by atoms with Crippen molar-refractivity contribution in [2.75, 3.05) is 19.1 Å². The maximum atomic E-state index is 12.5. The van der Waals surface area contributed by atoms with Crippen LogP contribution in [0.3, 0.4) is 0 Å². The molecule has 7 nitrogen and oxygen atoms in total. The number of carboxylic acid groups (broad SMARTS) is 1. The predicted molar refractivity (Wildman–Crippen MR) is 83.4 cm³/mol. The molecular weight excluding hydrogens is 302 g/mol. The number of anilines is 1. The number of benzene rings is 1. The number of rotatable bonds is 3. The first kappa shape index (κ1) is 16.9. The number of hydrogen-bond acceptors (Lipinski definition) is 5. The summed E-state index contributed by atoms with van der Waals surface area (Å²) < 4.78 is 15.8. The van der Waals surface area contributed by atoms with Crippen LogP contribution in [0.25, 0.3) is 0 Å². The standard InChI is InChI=1S/C16H21NO6/c1-16(2,3)23-15(20)17-10-8-13(22-5)12(21-4)7-9(10)6-11(17)14(18)19/h7-8,11H,6H2,1-5H3,(H,18,19). The molecule has 7 heteroatoms. The molecular formula is C16H21NO6. The van der Waals surface area contributed by atoms with E-state index >= 15 is 0 Å². The number of nitrogens with zero attached hydrogens (tertiary/aromatic N) is 1. The van der Waals surface area contributed by atoms with E-state index < -0.39 is 23.7 Å². The molecule has 1 aromatic rings. The molecule has 1 atom stereocenters. The monoisotopic (exact) mass is 323 g/mol. The molecule has 1 aromatic carbocycles.